The Morgan fingerprint density at radius 3 is 2.62 bits per heavy atom. The van der Waals surface area contributed by atoms with Gasteiger partial charge in [-0.05, 0) is 25.0 Å². The molecule has 0 aliphatic carbocycles. The Labute approximate surface area is 141 Å². The van der Waals surface area contributed by atoms with E-state index < -0.39 is 0 Å². The number of carbonyl (C=O) groups is 2. The van der Waals surface area contributed by atoms with E-state index in [1.54, 1.807) is 25.3 Å². The molecule has 7 nitrogen and oxygen atoms in total. The fourth-order valence-corrected chi connectivity index (χ4v) is 2.63. The van der Waals surface area contributed by atoms with E-state index >= 15 is 0 Å². The second-order valence-electron chi connectivity index (χ2n) is 5.65. The summed E-state index contributed by atoms with van der Waals surface area (Å²) in [5, 5.41) is 2.77. The molecule has 132 valence electrons. The van der Waals surface area contributed by atoms with Gasteiger partial charge in [0.1, 0.15) is 0 Å². The summed E-state index contributed by atoms with van der Waals surface area (Å²) in [7, 11) is 3.08. The predicted molar refractivity (Wildman–Crippen MR) is 89.4 cm³/mol. The van der Waals surface area contributed by atoms with Crippen LogP contribution in [0.3, 0.4) is 0 Å². The minimum Gasteiger partial charge on any atom is -0.493 e. The molecule has 2 amide bonds. The highest BCUT2D eigenvalue weighted by molar-refractivity contribution is 5.94. The third-order valence-electron chi connectivity index (χ3n) is 3.90. The maximum Gasteiger partial charge on any atom is 0.243 e. The zero-order valence-electron chi connectivity index (χ0n) is 14.3. The van der Waals surface area contributed by atoms with Crippen LogP contribution >= 0.6 is 0 Å². The van der Waals surface area contributed by atoms with Crippen LogP contribution in [0.5, 0.6) is 11.5 Å². The van der Waals surface area contributed by atoms with Crippen molar-refractivity contribution in [1.82, 2.24) is 4.90 Å². The topological polar surface area (TPSA) is 77.1 Å². The van der Waals surface area contributed by atoms with Crippen LogP contribution in [0.2, 0.25) is 0 Å². The molecule has 0 radical (unpaired) electrons. The van der Waals surface area contributed by atoms with E-state index in [0.29, 0.717) is 30.3 Å². The maximum absolute atomic E-state index is 12.2. The molecule has 1 saturated heterocycles. The molecule has 1 aromatic rings. The van der Waals surface area contributed by atoms with Gasteiger partial charge in [-0.25, -0.2) is 0 Å². The molecule has 1 aliphatic rings. The number of hydrogen-bond donors (Lipinski definition) is 1. The van der Waals surface area contributed by atoms with E-state index in [-0.39, 0.29) is 24.5 Å². The molecule has 1 N–H and O–H groups in total. The van der Waals surface area contributed by atoms with Crippen LogP contribution in [0.15, 0.2) is 18.2 Å². The van der Waals surface area contributed by atoms with Crippen molar-refractivity contribution in [2.75, 3.05) is 39.2 Å². The summed E-state index contributed by atoms with van der Waals surface area (Å²) in [4.78, 5) is 25.5. The number of anilines is 1. The van der Waals surface area contributed by atoms with Crippen LogP contribution in [0.4, 0.5) is 5.69 Å². The summed E-state index contributed by atoms with van der Waals surface area (Å²) in [6, 6.07) is 5.11. The minimum absolute atomic E-state index is 0.0104. The van der Waals surface area contributed by atoms with Crippen molar-refractivity contribution in [3.05, 3.63) is 18.2 Å². The number of amides is 2. The van der Waals surface area contributed by atoms with Gasteiger partial charge >= 0.3 is 0 Å². The number of ether oxygens (including phenoxy) is 3. The molecule has 1 heterocycles. The molecule has 1 atom stereocenters. The zero-order chi connectivity index (χ0) is 17.5. The predicted octanol–water partition coefficient (Wildman–Crippen LogP) is 1.67. The summed E-state index contributed by atoms with van der Waals surface area (Å²) in [5.74, 6) is 0.695. The molecule has 1 aliphatic heterocycles. The average Bonchev–Trinajstić information content (AvgIpc) is 3.07. The first-order valence-corrected chi connectivity index (χ1v) is 7.92. The third-order valence-corrected chi connectivity index (χ3v) is 3.90. The van der Waals surface area contributed by atoms with Gasteiger partial charge in [0.15, 0.2) is 11.5 Å². The van der Waals surface area contributed by atoms with Gasteiger partial charge in [0, 0.05) is 31.8 Å². The highest BCUT2D eigenvalue weighted by Gasteiger charge is 2.22. The van der Waals surface area contributed by atoms with Crippen LogP contribution in [-0.4, -0.2) is 56.7 Å². The Hall–Kier alpha value is -2.28. The van der Waals surface area contributed by atoms with E-state index in [1.807, 2.05) is 0 Å². The van der Waals surface area contributed by atoms with E-state index in [1.165, 1.54) is 18.9 Å². The summed E-state index contributed by atoms with van der Waals surface area (Å²) < 4.78 is 15.9. The number of benzene rings is 1. The van der Waals surface area contributed by atoms with Crippen molar-refractivity contribution >= 4 is 17.5 Å². The second-order valence-corrected chi connectivity index (χ2v) is 5.65. The Morgan fingerprint density at radius 1 is 1.29 bits per heavy atom. The third kappa shape index (κ3) is 4.86. The van der Waals surface area contributed by atoms with Crippen molar-refractivity contribution in [2.45, 2.75) is 25.9 Å². The quantitative estimate of drug-likeness (QED) is 0.819. The molecular formula is C17H24N2O5. The molecule has 1 unspecified atom stereocenters. The number of nitrogens with one attached hydrogen (secondary N) is 1. The Kier molecular flexibility index (Phi) is 6.43. The average molecular weight is 336 g/mol. The normalized spacial score (nSPS) is 16.5. The molecule has 0 spiro atoms. The number of rotatable bonds is 7. The van der Waals surface area contributed by atoms with Gasteiger partial charge in [-0.3, -0.25) is 9.59 Å². The van der Waals surface area contributed by atoms with Gasteiger partial charge in [-0.1, -0.05) is 0 Å². The lowest BCUT2D eigenvalue weighted by atomic mass is 10.2. The van der Waals surface area contributed by atoms with Crippen molar-refractivity contribution in [2.24, 2.45) is 0 Å². The van der Waals surface area contributed by atoms with Gasteiger partial charge in [-0.15, -0.1) is 0 Å². The summed E-state index contributed by atoms with van der Waals surface area (Å²) in [5.41, 5.74) is 0.582. The molecule has 1 fully saturated rings. The summed E-state index contributed by atoms with van der Waals surface area (Å²) >= 11 is 0. The lowest BCUT2D eigenvalue weighted by molar-refractivity contribution is -0.134. The first-order valence-electron chi connectivity index (χ1n) is 7.92. The highest BCUT2D eigenvalue weighted by atomic mass is 16.5. The van der Waals surface area contributed by atoms with E-state index in [2.05, 4.69) is 5.32 Å². The second kappa shape index (κ2) is 8.54. The van der Waals surface area contributed by atoms with E-state index in [4.69, 9.17) is 14.2 Å². The van der Waals surface area contributed by atoms with Crippen molar-refractivity contribution < 1.29 is 23.8 Å². The summed E-state index contributed by atoms with van der Waals surface area (Å²) in [6.07, 6.45) is 1.93. The zero-order valence-corrected chi connectivity index (χ0v) is 14.3. The molecule has 2 rings (SSSR count). The van der Waals surface area contributed by atoms with E-state index in [0.717, 1.165) is 12.8 Å². The molecule has 0 aromatic heterocycles. The molecular weight excluding hydrogens is 312 g/mol. The number of nitrogens with zero attached hydrogens (tertiary/aromatic N) is 1. The van der Waals surface area contributed by atoms with E-state index in [9.17, 15) is 9.59 Å². The smallest absolute Gasteiger partial charge is 0.243 e. The molecule has 7 heteroatoms. The first-order chi connectivity index (χ1) is 11.5. The fourth-order valence-electron chi connectivity index (χ4n) is 2.63. The Bertz CT molecular complexity index is 584. The van der Waals surface area contributed by atoms with Gasteiger partial charge in [0.05, 0.1) is 26.9 Å². The van der Waals surface area contributed by atoms with Crippen molar-refractivity contribution in [1.29, 1.82) is 0 Å². The van der Waals surface area contributed by atoms with Crippen LogP contribution < -0.4 is 14.8 Å². The lowest BCUT2D eigenvalue weighted by Crippen LogP contribution is -2.41. The fraction of sp³-hybridized carbons (Fsp3) is 0.529. The van der Waals surface area contributed by atoms with Crippen molar-refractivity contribution in [3.63, 3.8) is 0 Å². The Balaban J connectivity index is 1.96. The molecule has 0 bridgehead atoms. The summed E-state index contributed by atoms with van der Waals surface area (Å²) in [6.45, 7) is 2.60. The van der Waals surface area contributed by atoms with Gasteiger partial charge < -0.3 is 24.4 Å². The van der Waals surface area contributed by atoms with Crippen molar-refractivity contribution in [3.8, 4) is 11.5 Å². The van der Waals surface area contributed by atoms with Gasteiger partial charge in [-0.2, -0.15) is 0 Å². The largest absolute Gasteiger partial charge is 0.493 e. The lowest BCUT2D eigenvalue weighted by Gasteiger charge is -2.23. The van der Waals surface area contributed by atoms with Crippen LogP contribution in [0, 0.1) is 0 Å². The standard InChI is InChI=1S/C17H24N2O5/c1-12(20)19(10-14-5-4-8-24-14)11-17(21)18-13-6-7-15(22-2)16(9-13)23-3/h6-7,9,14H,4-5,8,10-11H2,1-3H3,(H,18,21). The maximum atomic E-state index is 12.2. The van der Waals surface area contributed by atoms with Gasteiger partial charge in [0.2, 0.25) is 11.8 Å². The Morgan fingerprint density at radius 2 is 2.04 bits per heavy atom. The molecule has 24 heavy (non-hydrogen) atoms. The number of carbonyl (C=O) groups excluding carboxylic acids is 2. The SMILES string of the molecule is COc1ccc(NC(=O)CN(CC2CCCO2)C(C)=O)cc1OC. The van der Waals surface area contributed by atoms with Gasteiger partial charge in [0.25, 0.3) is 0 Å². The molecule has 1 aromatic carbocycles. The first kappa shape index (κ1) is 18.1. The molecule has 0 saturated carbocycles. The number of hydrogen-bond acceptors (Lipinski definition) is 5. The van der Waals surface area contributed by atoms with Crippen LogP contribution in [0.1, 0.15) is 19.8 Å². The monoisotopic (exact) mass is 336 g/mol. The number of methoxy groups -OCH3 is 2. The highest BCUT2D eigenvalue weighted by Crippen LogP contribution is 2.29. The minimum atomic E-state index is -0.268. The van der Waals surface area contributed by atoms with Crippen LogP contribution in [-0.2, 0) is 14.3 Å². The van der Waals surface area contributed by atoms with Crippen LogP contribution in [0.25, 0.3) is 0 Å².